The molecule has 2 aromatic heterocycles. The van der Waals surface area contributed by atoms with Crippen molar-refractivity contribution in [2.24, 2.45) is 12.8 Å². The van der Waals surface area contributed by atoms with Crippen LogP contribution < -0.4 is 5.73 Å². The Morgan fingerprint density at radius 3 is 2.71 bits per heavy atom. The number of fused-ring (bicyclic) bond motifs is 1. The lowest BCUT2D eigenvalue weighted by Gasteiger charge is -2.11. The monoisotopic (exact) mass is 299 g/mol. The minimum atomic E-state index is 0.129. The van der Waals surface area contributed by atoms with Crippen LogP contribution in [0.3, 0.4) is 0 Å². The fourth-order valence-corrected chi connectivity index (χ4v) is 3.90. The Hall–Kier alpha value is -1.65. The van der Waals surface area contributed by atoms with E-state index in [4.69, 9.17) is 5.73 Å². The minimum Gasteiger partial charge on any atom is -0.327 e. The minimum absolute atomic E-state index is 0.129. The van der Waals surface area contributed by atoms with Gasteiger partial charge in [0.2, 0.25) is 0 Å². The first-order chi connectivity index (χ1) is 10.1. The van der Waals surface area contributed by atoms with Crippen LogP contribution in [0.25, 0.3) is 10.1 Å². The standard InChI is InChI=1S/C17H21N3S/c1-11-16(12(2)20(3)19-11)9-14(18)8-13-10-21-17-7-5-4-6-15(13)17/h4-7,10,14H,8-9,18H2,1-3H3. The lowest BCUT2D eigenvalue weighted by Crippen LogP contribution is -2.26. The van der Waals surface area contributed by atoms with Gasteiger partial charge in [-0.3, -0.25) is 4.68 Å². The number of aryl methyl sites for hydroxylation is 2. The number of nitrogens with zero attached hydrogens (tertiary/aromatic N) is 2. The van der Waals surface area contributed by atoms with E-state index >= 15 is 0 Å². The van der Waals surface area contributed by atoms with Crippen molar-refractivity contribution in [2.45, 2.75) is 32.7 Å². The predicted octanol–water partition coefficient (Wildman–Crippen LogP) is 3.36. The summed E-state index contributed by atoms with van der Waals surface area (Å²) in [6.45, 7) is 4.18. The lowest BCUT2D eigenvalue weighted by atomic mass is 9.98. The maximum absolute atomic E-state index is 6.40. The van der Waals surface area contributed by atoms with Crippen molar-refractivity contribution >= 4 is 21.4 Å². The maximum Gasteiger partial charge on any atom is 0.0628 e. The number of nitrogens with two attached hydrogens (primary N) is 1. The summed E-state index contributed by atoms with van der Waals surface area (Å²) in [6.07, 6.45) is 1.80. The molecule has 0 bridgehead atoms. The molecule has 110 valence electrons. The molecule has 0 fully saturated rings. The number of thiophene rings is 1. The molecule has 0 aliphatic carbocycles. The largest absolute Gasteiger partial charge is 0.327 e. The van der Waals surface area contributed by atoms with Gasteiger partial charge in [0.05, 0.1) is 5.69 Å². The van der Waals surface area contributed by atoms with Crippen LogP contribution in [0.4, 0.5) is 0 Å². The van der Waals surface area contributed by atoms with Gasteiger partial charge in [-0.1, -0.05) is 18.2 Å². The van der Waals surface area contributed by atoms with E-state index in [1.807, 2.05) is 11.7 Å². The summed E-state index contributed by atoms with van der Waals surface area (Å²) in [5, 5.41) is 8.06. The van der Waals surface area contributed by atoms with Gasteiger partial charge in [0.25, 0.3) is 0 Å². The molecule has 2 N–H and O–H groups in total. The number of hydrogen-bond acceptors (Lipinski definition) is 3. The van der Waals surface area contributed by atoms with Crippen LogP contribution in [0, 0.1) is 13.8 Å². The number of aromatic nitrogens is 2. The zero-order chi connectivity index (χ0) is 15.0. The van der Waals surface area contributed by atoms with Gasteiger partial charge in [-0.25, -0.2) is 0 Å². The van der Waals surface area contributed by atoms with E-state index in [0.29, 0.717) is 0 Å². The normalized spacial score (nSPS) is 13.0. The fourth-order valence-electron chi connectivity index (χ4n) is 2.92. The SMILES string of the molecule is Cc1nn(C)c(C)c1CC(N)Cc1csc2ccccc12. The van der Waals surface area contributed by atoms with Crippen LogP contribution in [0.2, 0.25) is 0 Å². The van der Waals surface area contributed by atoms with E-state index in [2.05, 4.69) is 48.6 Å². The van der Waals surface area contributed by atoms with E-state index in [1.165, 1.54) is 26.9 Å². The van der Waals surface area contributed by atoms with Gasteiger partial charge in [-0.2, -0.15) is 5.10 Å². The summed E-state index contributed by atoms with van der Waals surface area (Å²) in [4.78, 5) is 0. The molecule has 0 amide bonds. The molecule has 2 heterocycles. The summed E-state index contributed by atoms with van der Waals surface area (Å²) in [5.74, 6) is 0. The molecular weight excluding hydrogens is 278 g/mol. The molecule has 0 aliphatic heterocycles. The molecule has 21 heavy (non-hydrogen) atoms. The van der Waals surface area contributed by atoms with Crippen molar-refractivity contribution in [3.8, 4) is 0 Å². The van der Waals surface area contributed by atoms with Crippen LogP contribution in [0.5, 0.6) is 0 Å². The molecule has 3 rings (SSSR count). The van der Waals surface area contributed by atoms with E-state index < -0.39 is 0 Å². The van der Waals surface area contributed by atoms with Crippen LogP contribution in [-0.2, 0) is 19.9 Å². The van der Waals surface area contributed by atoms with E-state index in [1.54, 1.807) is 11.3 Å². The number of benzene rings is 1. The van der Waals surface area contributed by atoms with E-state index in [9.17, 15) is 0 Å². The molecule has 0 spiro atoms. The topological polar surface area (TPSA) is 43.8 Å². The Kier molecular flexibility index (Phi) is 3.83. The first-order valence-electron chi connectivity index (χ1n) is 7.26. The maximum atomic E-state index is 6.40. The van der Waals surface area contributed by atoms with Crippen molar-refractivity contribution in [1.82, 2.24) is 9.78 Å². The van der Waals surface area contributed by atoms with Crippen molar-refractivity contribution < 1.29 is 0 Å². The van der Waals surface area contributed by atoms with Crippen LogP contribution >= 0.6 is 11.3 Å². The van der Waals surface area contributed by atoms with Gasteiger partial charge >= 0.3 is 0 Å². The first kappa shape index (κ1) is 14.3. The Morgan fingerprint density at radius 2 is 2.00 bits per heavy atom. The van der Waals surface area contributed by atoms with E-state index in [0.717, 1.165) is 18.5 Å². The van der Waals surface area contributed by atoms with Crippen molar-refractivity contribution in [3.63, 3.8) is 0 Å². The second-order valence-electron chi connectivity index (χ2n) is 5.70. The Labute approximate surface area is 129 Å². The summed E-state index contributed by atoms with van der Waals surface area (Å²) < 4.78 is 3.28. The number of rotatable bonds is 4. The quantitative estimate of drug-likeness (QED) is 0.803. The third-order valence-electron chi connectivity index (χ3n) is 4.17. The van der Waals surface area contributed by atoms with E-state index in [-0.39, 0.29) is 6.04 Å². The molecule has 4 heteroatoms. The molecule has 3 aromatic rings. The molecule has 0 saturated heterocycles. The summed E-state index contributed by atoms with van der Waals surface area (Å²) in [6, 6.07) is 8.67. The Morgan fingerprint density at radius 1 is 1.24 bits per heavy atom. The Balaban J connectivity index is 1.79. The predicted molar refractivity (Wildman–Crippen MR) is 89.9 cm³/mol. The molecule has 0 radical (unpaired) electrons. The van der Waals surface area contributed by atoms with Crippen LogP contribution in [-0.4, -0.2) is 15.8 Å². The number of hydrogen-bond donors (Lipinski definition) is 1. The van der Waals surface area contributed by atoms with Crippen molar-refractivity contribution in [1.29, 1.82) is 0 Å². The van der Waals surface area contributed by atoms with Gasteiger partial charge in [-0.15, -0.1) is 11.3 Å². The molecule has 1 aromatic carbocycles. The highest BCUT2D eigenvalue weighted by Gasteiger charge is 2.15. The molecule has 1 atom stereocenters. The lowest BCUT2D eigenvalue weighted by molar-refractivity contribution is 0.662. The second-order valence-corrected chi connectivity index (χ2v) is 6.61. The molecular formula is C17H21N3S. The van der Waals surface area contributed by atoms with Gasteiger partial charge < -0.3 is 5.73 Å². The fraction of sp³-hybridized carbons (Fsp3) is 0.353. The molecule has 0 aliphatic rings. The van der Waals surface area contributed by atoms with Gasteiger partial charge in [0.1, 0.15) is 0 Å². The van der Waals surface area contributed by atoms with Crippen molar-refractivity contribution in [3.05, 3.63) is 52.2 Å². The third kappa shape index (κ3) is 2.74. The first-order valence-corrected chi connectivity index (χ1v) is 8.14. The Bertz CT molecular complexity index is 770. The average Bonchev–Trinajstić information content (AvgIpc) is 2.96. The summed E-state index contributed by atoms with van der Waals surface area (Å²) in [7, 11) is 1.99. The summed E-state index contributed by atoms with van der Waals surface area (Å²) in [5.41, 5.74) is 11.4. The van der Waals surface area contributed by atoms with Crippen molar-refractivity contribution in [2.75, 3.05) is 0 Å². The molecule has 3 nitrogen and oxygen atoms in total. The zero-order valence-electron chi connectivity index (χ0n) is 12.8. The van der Waals surface area contributed by atoms with Gasteiger partial charge in [0.15, 0.2) is 0 Å². The average molecular weight is 299 g/mol. The highest BCUT2D eigenvalue weighted by atomic mass is 32.1. The zero-order valence-corrected chi connectivity index (χ0v) is 13.6. The molecule has 0 saturated carbocycles. The van der Waals surface area contributed by atoms with Gasteiger partial charge in [0, 0.05) is 23.5 Å². The van der Waals surface area contributed by atoms with Gasteiger partial charge in [-0.05, 0) is 54.6 Å². The molecule has 1 unspecified atom stereocenters. The summed E-state index contributed by atoms with van der Waals surface area (Å²) >= 11 is 1.80. The third-order valence-corrected chi connectivity index (χ3v) is 5.18. The van der Waals surface area contributed by atoms with Crippen LogP contribution in [0.15, 0.2) is 29.6 Å². The second kappa shape index (κ2) is 5.62. The highest BCUT2D eigenvalue weighted by Crippen LogP contribution is 2.27. The smallest absolute Gasteiger partial charge is 0.0628 e. The van der Waals surface area contributed by atoms with Crippen LogP contribution in [0.1, 0.15) is 22.5 Å². The highest BCUT2D eigenvalue weighted by molar-refractivity contribution is 7.17.